The maximum Gasteiger partial charge on any atom is 0.417 e. The van der Waals surface area contributed by atoms with Crippen molar-refractivity contribution in [1.29, 1.82) is 10.5 Å². The number of carboxylic acids is 2. The first-order valence-electron chi connectivity index (χ1n) is 22.5. The molecule has 4 N–H and O–H groups in total. The Bertz CT molecular complexity index is 2960. The Balaban J connectivity index is 0.000000216. The maximum absolute atomic E-state index is 14.0. The van der Waals surface area contributed by atoms with Crippen molar-refractivity contribution in [3.8, 4) is 34.4 Å². The van der Waals surface area contributed by atoms with E-state index in [0.29, 0.717) is 37.8 Å². The molecule has 0 saturated heterocycles. The van der Waals surface area contributed by atoms with Gasteiger partial charge in [0.15, 0.2) is 19.7 Å². The van der Waals surface area contributed by atoms with Crippen LogP contribution in [0.25, 0.3) is 22.3 Å². The number of nitrogens with zero attached hydrogens (tertiary/aromatic N) is 6. The number of methoxy groups -OCH3 is 2. The van der Waals surface area contributed by atoms with Crippen LogP contribution in [0.2, 0.25) is 0 Å². The Labute approximate surface area is 418 Å². The van der Waals surface area contributed by atoms with Gasteiger partial charge in [-0.05, 0) is 86.8 Å². The number of halogens is 6. The summed E-state index contributed by atoms with van der Waals surface area (Å²) < 4.78 is 151. The van der Waals surface area contributed by atoms with Gasteiger partial charge in [0.2, 0.25) is 11.8 Å². The van der Waals surface area contributed by atoms with Crippen molar-refractivity contribution < 1.29 is 82.0 Å². The first kappa shape index (κ1) is 54.9. The van der Waals surface area contributed by atoms with Gasteiger partial charge >= 0.3 is 24.3 Å². The number of carbonyl (C=O) groups excluding carboxylic acids is 2. The third-order valence-corrected chi connectivity index (χ3v) is 17.9. The lowest BCUT2D eigenvalue weighted by Crippen LogP contribution is -2.42. The van der Waals surface area contributed by atoms with E-state index in [4.69, 9.17) is 19.7 Å². The standard InChI is InChI=1S/2C23H23F3N4O6S/c2*1-36-18-8-15(7-16(18)21(33)29-22(12-27)4-5-22)37(34,35)19-3-2-13(6-17(19)23(24,25)26)14-9-28-30(10-14)11-20(31)32/h2*2-3,6,9-10,15-16,18H,4-5,7-8,11H2,1H3,(H,29,33)(H,31,32)/t2*15-,16-,18-/m10/s1. The molecular weight excluding hydrogens is 1030 g/mol. The summed E-state index contributed by atoms with van der Waals surface area (Å²) >= 11 is 0. The highest BCUT2D eigenvalue weighted by Gasteiger charge is 2.53. The minimum atomic E-state index is -5.02. The molecule has 2 aromatic heterocycles. The number of aliphatic carboxylic acids is 2. The zero-order chi connectivity index (χ0) is 54.3. The summed E-state index contributed by atoms with van der Waals surface area (Å²) in [6.07, 6.45) is -5.86. The molecule has 4 aliphatic rings. The van der Waals surface area contributed by atoms with E-state index in [-0.39, 0.29) is 47.9 Å². The molecule has 8 rings (SSSR count). The highest BCUT2D eigenvalue weighted by Crippen LogP contribution is 2.45. The number of carbonyl (C=O) groups is 4. The van der Waals surface area contributed by atoms with Gasteiger partial charge in [-0.2, -0.15) is 47.1 Å². The maximum atomic E-state index is 14.0. The van der Waals surface area contributed by atoms with Gasteiger partial charge in [0, 0.05) is 37.7 Å². The van der Waals surface area contributed by atoms with Gasteiger partial charge in [0.1, 0.15) is 24.2 Å². The van der Waals surface area contributed by atoms with Crippen molar-refractivity contribution in [2.45, 2.75) is 120 Å². The van der Waals surface area contributed by atoms with Gasteiger partial charge in [-0.25, -0.2) is 16.8 Å². The molecule has 2 amide bonds. The Hall–Kier alpha value is -6.88. The molecule has 4 fully saturated rings. The number of benzene rings is 2. The molecule has 396 valence electrons. The van der Waals surface area contributed by atoms with Crippen LogP contribution in [0.15, 0.2) is 71.0 Å². The van der Waals surface area contributed by atoms with Gasteiger partial charge in [-0.3, -0.25) is 28.5 Å². The number of rotatable bonds is 16. The fraction of sp³-hybridized carbons (Fsp3) is 0.478. The van der Waals surface area contributed by atoms with Crippen LogP contribution < -0.4 is 10.6 Å². The Morgan fingerprint density at radius 2 is 1.00 bits per heavy atom. The van der Waals surface area contributed by atoms with Crippen molar-refractivity contribution in [2.75, 3.05) is 14.2 Å². The number of aromatic nitrogens is 4. The van der Waals surface area contributed by atoms with Gasteiger partial charge in [-0.15, -0.1) is 0 Å². The summed E-state index contributed by atoms with van der Waals surface area (Å²) in [5, 5.41) is 46.4. The van der Waals surface area contributed by atoms with Crippen LogP contribution in [-0.4, -0.2) is 118 Å². The van der Waals surface area contributed by atoms with Crippen molar-refractivity contribution in [3.63, 3.8) is 0 Å². The van der Waals surface area contributed by atoms with Gasteiger partial charge < -0.3 is 30.3 Å². The van der Waals surface area contributed by atoms with Crippen LogP contribution in [0.3, 0.4) is 0 Å². The van der Waals surface area contributed by atoms with Gasteiger partial charge in [-0.1, -0.05) is 12.1 Å². The van der Waals surface area contributed by atoms with E-state index in [2.05, 4.69) is 20.8 Å². The largest absolute Gasteiger partial charge is 0.480 e. The summed E-state index contributed by atoms with van der Waals surface area (Å²) in [5.41, 5.74) is -4.34. The molecule has 2 heterocycles. The van der Waals surface area contributed by atoms with Gasteiger partial charge in [0.25, 0.3) is 0 Å². The quantitative estimate of drug-likeness (QED) is 0.110. The summed E-state index contributed by atoms with van der Waals surface area (Å²) in [5.74, 6) is -5.38. The Morgan fingerprint density at radius 1 is 0.649 bits per heavy atom. The molecule has 28 heteroatoms. The lowest BCUT2D eigenvalue weighted by Gasteiger charge is -2.19. The first-order chi connectivity index (χ1) is 34.6. The average molecular weight is 1080 g/mol. The number of alkyl halides is 6. The number of nitrogens with one attached hydrogen (secondary N) is 2. The molecule has 74 heavy (non-hydrogen) atoms. The number of ether oxygens (including phenoxy) is 2. The molecule has 0 unspecified atom stereocenters. The van der Waals surface area contributed by atoms with E-state index in [9.17, 15) is 72.9 Å². The van der Waals surface area contributed by atoms with Crippen LogP contribution in [0, 0.1) is 34.5 Å². The Morgan fingerprint density at radius 3 is 1.28 bits per heavy atom. The second-order valence-corrected chi connectivity index (χ2v) is 22.9. The number of amides is 2. The zero-order valence-electron chi connectivity index (χ0n) is 39.1. The molecule has 0 radical (unpaired) electrons. The second kappa shape index (κ2) is 20.4. The van der Waals surface area contributed by atoms with E-state index in [0.717, 1.165) is 21.5 Å². The third-order valence-electron chi connectivity index (χ3n) is 13.4. The van der Waals surface area contributed by atoms with Crippen LogP contribution >= 0.6 is 0 Å². The number of nitriles is 2. The minimum absolute atomic E-state index is 0.00703. The molecular formula is C46H46F6N8O12S2. The van der Waals surface area contributed by atoms with Gasteiger partial charge in [0.05, 0.1) is 80.0 Å². The van der Waals surface area contributed by atoms with E-state index < -0.39 is 135 Å². The molecule has 0 bridgehead atoms. The summed E-state index contributed by atoms with van der Waals surface area (Å²) in [6.45, 7) is -0.990. The molecule has 4 saturated carbocycles. The zero-order valence-corrected chi connectivity index (χ0v) is 40.7. The van der Waals surface area contributed by atoms with Crippen molar-refractivity contribution >= 4 is 43.4 Å². The summed E-state index contributed by atoms with van der Waals surface area (Å²) in [6, 6.07) is 9.52. The topological polar surface area (TPSA) is 303 Å². The molecule has 4 aromatic rings. The van der Waals surface area contributed by atoms with E-state index in [1.807, 2.05) is 12.1 Å². The van der Waals surface area contributed by atoms with Crippen LogP contribution in [0.4, 0.5) is 26.3 Å². The third kappa shape index (κ3) is 11.7. The molecule has 2 aromatic carbocycles. The first-order valence-corrected chi connectivity index (χ1v) is 25.6. The van der Waals surface area contributed by atoms with E-state index in [1.54, 1.807) is 0 Å². The van der Waals surface area contributed by atoms with E-state index in [1.165, 1.54) is 51.1 Å². The molecule has 0 aliphatic heterocycles. The van der Waals surface area contributed by atoms with E-state index >= 15 is 0 Å². The van der Waals surface area contributed by atoms with Crippen LogP contribution in [0.5, 0.6) is 0 Å². The second-order valence-electron chi connectivity index (χ2n) is 18.5. The summed E-state index contributed by atoms with van der Waals surface area (Å²) in [4.78, 5) is 45.4. The predicted molar refractivity (Wildman–Crippen MR) is 241 cm³/mol. The van der Waals surface area contributed by atoms with Crippen LogP contribution in [-0.2, 0) is 73.8 Å². The van der Waals surface area contributed by atoms with Crippen molar-refractivity contribution in [3.05, 3.63) is 72.3 Å². The van der Waals surface area contributed by atoms with Crippen LogP contribution in [0.1, 0.15) is 62.5 Å². The molecule has 6 atom stereocenters. The highest BCUT2D eigenvalue weighted by molar-refractivity contribution is 7.92. The molecule has 4 aliphatic carbocycles. The number of carboxylic acid groups (broad SMARTS) is 2. The lowest BCUT2D eigenvalue weighted by atomic mass is 10.0. The normalized spacial score (nSPS) is 22.8. The highest BCUT2D eigenvalue weighted by atomic mass is 32.2. The monoisotopic (exact) mass is 1080 g/mol. The molecule has 20 nitrogen and oxygen atoms in total. The fourth-order valence-corrected chi connectivity index (χ4v) is 13.1. The number of hydrogen-bond donors (Lipinski definition) is 4. The SMILES string of the molecule is CO[C@@H]1C[C@H](S(=O)(=O)c2ccc(-c3cnn(CC(=O)O)c3)cc2C(F)(F)F)C[C@H]1C(=O)NC1(C#N)CC1.CO[C@H]1C[C@@H](S(=O)(=O)c2ccc(-c3cnn(CC(=O)O)c3)cc2C(F)(F)F)C[C@@H]1C(=O)NC1(C#N)CC1. The number of hydrogen-bond acceptors (Lipinski definition) is 14. The van der Waals surface area contributed by atoms with Crippen molar-refractivity contribution in [1.82, 2.24) is 30.2 Å². The molecule has 0 spiro atoms. The Kier molecular flexibility index (Phi) is 15.2. The number of sulfone groups is 2. The van der Waals surface area contributed by atoms with Crippen molar-refractivity contribution in [2.24, 2.45) is 11.8 Å². The predicted octanol–water partition coefficient (Wildman–Crippen LogP) is 4.79. The lowest BCUT2D eigenvalue weighted by molar-refractivity contribution is -0.140. The summed E-state index contributed by atoms with van der Waals surface area (Å²) in [7, 11) is -6.52. The average Bonchev–Trinajstić information content (AvgIpc) is 3.89. The smallest absolute Gasteiger partial charge is 0.417 e. The minimum Gasteiger partial charge on any atom is -0.480 e. The fourth-order valence-electron chi connectivity index (χ4n) is 9.12.